The lowest BCUT2D eigenvalue weighted by Gasteiger charge is -2.26. The van der Waals surface area contributed by atoms with Crippen LogP contribution in [0.4, 0.5) is 13.2 Å². The lowest BCUT2D eigenvalue weighted by atomic mass is 10.1. The number of morpholine rings is 1. The molecular formula is C17H19F3N2O3S. The first-order valence-electron chi connectivity index (χ1n) is 8.17. The van der Waals surface area contributed by atoms with Gasteiger partial charge < -0.3 is 14.2 Å². The molecule has 0 N–H and O–H groups in total. The molecule has 142 valence electrons. The van der Waals surface area contributed by atoms with E-state index in [4.69, 9.17) is 9.47 Å². The quantitative estimate of drug-likeness (QED) is 0.755. The highest BCUT2D eigenvalue weighted by atomic mass is 32.1. The second-order valence-electron chi connectivity index (χ2n) is 5.76. The number of rotatable bonds is 6. The first-order valence-corrected chi connectivity index (χ1v) is 8.99. The molecule has 0 spiro atoms. The van der Waals surface area contributed by atoms with E-state index in [9.17, 15) is 13.2 Å². The molecule has 0 saturated carbocycles. The van der Waals surface area contributed by atoms with E-state index >= 15 is 0 Å². The van der Waals surface area contributed by atoms with E-state index in [-0.39, 0.29) is 5.75 Å². The molecule has 3 rings (SSSR count). The molecule has 2 heterocycles. The predicted molar refractivity (Wildman–Crippen MR) is 91.7 cm³/mol. The molecule has 1 aromatic carbocycles. The third kappa shape index (κ3) is 5.33. The van der Waals surface area contributed by atoms with Crippen molar-refractivity contribution in [2.75, 3.05) is 39.5 Å². The summed E-state index contributed by atoms with van der Waals surface area (Å²) in [5, 5.41) is 0.557. The number of nitrogens with zero attached hydrogens (tertiary/aromatic N) is 2. The first-order chi connectivity index (χ1) is 12.4. The molecule has 0 amide bonds. The third-order valence-electron chi connectivity index (χ3n) is 3.88. The molecule has 0 radical (unpaired) electrons. The predicted octanol–water partition coefficient (Wildman–Crippen LogP) is 3.73. The Kier molecular flexibility index (Phi) is 6.00. The normalized spacial score (nSPS) is 15.8. The summed E-state index contributed by atoms with van der Waals surface area (Å²) >= 11 is 1.42. The van der Waals surface area contributed by atoms with Crippen LogP contribution in [0.1, 0.15) is 4.88 Å². The van der Waals surface area contributed by atoms with Gasteiger partial charge in [0, 0.05) is 30.1 Å². The fourth-order valence-electron chi connectivity index (χ4n) is 2.60. The average Bonchev–Trinajstić information content (AvgIpc) is 2.96. The number of benzene rings is 1. The van der Waals surface area contributed by atoms with Crippen molar-refractivity contribution in [2.45, 2.75) is 13.3 Å². The Morgan fingerprint density at radius 2 is 1.88 bits per heavy atom. The summed E-state index contributed by atoms with van der Waals surface area (Å²) in [5.74, 6) is -0.254. The standard InChI is InChI=1S/C17H19F3N2O3S/c1-12-15(13-2-4-14(5-3-13)25-17(18,19)20)21-16(26-12)24-11-8-22-6-9-23-10-7-22/h2-5H,6-11H2,1H3. The zero-order valence-electron chi connectivity index (χ0n) is 14.2. The van der Waals surface area contributed by atoms with Crippen molar-refractivity contribution in [3.05, 3.63) is 29.1 Å². The van der Waals surface area contributed by atoms with Gasteiger partial charge in [0.05, 0.1) is 18.9 Å². The Labute approximate surface area is 153 Å². The van der Waals surface area contributed by atoms with Crippen molar-refractivity contribution in [3.8, 4) is 22.2 Å². The number of ether oxygens (including phenoxy) is 3. The third-order valence-corrected chi connectivity index (χ3v) is 4.76. The molecule has 0 unspecified atom stereocenters. The Morgan fingerprint density at radius 1 is 1.19 bits per heavy atom. The summed E-state index contributed by atoms with van der Waals surface area (Å²) in [4.78, 5) is 7.67. The van der Waals surface area contributed by atoms with Gasteiger partial charge in [-0.25, -0.2) is 4.98 Å². The Bertz CT molecular complexity index is 713. The number of hydrogen-bond donors (Lipinski definition) is 0. The molecule has 0 atom stereocenters. The number of alkyl halides is 3. The van der Waals surface area contributed by atoms with Gasteiger partial charge in [-0.05, 0) is 31.2 Å². The second-order valence-corrected chi connectivity index (χ2v) is 6.92. The summed E-state index contributed by atoms with van der Waals surface area (Å²) < 4.78 is 51.6. The van der Waals surface area contributed by atoms with Crippen LogP contribution in [0.2, 0.25) is 0 Å². The highest BCUT2D eigenvalue weighted by molar-refractivity contribution is 7.13. The average molecular weight is 388 g/mol. The number of thiazole rings is 1. The minimum atomic E-state index is -4.69. The minimum absolute atomic E-state index is 0.254. The molecule has 1 aliphatic heterocycles. The molecule has 1 fully saturated rings. The van der Waals surface area contributed by atoms with Gasteiger partial charge in [0.15, 0.2) is 0 Å². The van der Waals surface area contributed by atoms with E-state index in [2.05, 4.69) is 14.6 Å². The lowest BCUT2D eigenvalue weighted by molar-refractivity contribution is -0.274. The van der Waals surface area contributed by atoms with Crippen LogP contribution in [0.15, 0.2) is 24.3 Å². The molecule has 1 aromatic heterocycles. The van der Waals surface area contributed by atoms with Crippen molar-refractivity contribution < 1.29 is 27.4 Å². The Hall–Kier alpha value is -1.84. The summed E-state index contributed by atoms with van der Waals surface area (Å²) in [5.41, 5.74) is 1.42. The maximum absolute atomic E-state index is 12.2. The van der Waals surface area contributed by atoms with E-state index < -0.39 is 6.36 Å². The van der Waals surface area contributed by atoms with Crippen molar-refractivity contribution in [1.29, 1.82) is 0 Å². The number of halogens is 3. The SMILES string of the molecule is Cc1sc(OCCN2CCOCC2)nc1-c1ccc(OC(F)(F)F)cc1. The van der Waals surface area contributed by atoms with Crippen LogP contribution >= 0.6 is 11.3 Å². The maximum Gasteiger partial charge on any atom is 0.573 e. The van der Waals surface area contributed by atoms with Crippen LogP contribution in [0.3, 0.4) is 0 Å². The Balaban J connectivity index is 1.58. The fourth-order valence-corrected chi connectivity index (χ4v) is 3.40. The van der Waals surface area contributed by atoms with Gasteiger partial charge in [0.25, 0.3) is 5.19 Å². The molecule has 1 saturated heterocycles. The zero-order valence-corrected chi connectivity index (χ0v) is 15.0. The highest BCUT2D eigenvalue weighted by Gasteiger charge is 2.31. The summed E-state index contributed by atoms with van der Waals surface area (Å²) in [6.45, 7) is 6.53. The van der Waals surface area contributed by atoms with E-state index in [1.807, 2.05) is 6.92 Å². The topological polar surface area (TPSA) is 43.8 Å². The minimum Gasteiger partial charge on any atom is -0.469 e. The van der Waals surface area contributed by atoms with E-state index in [0.29, 0.717) is 17.5 Å². The second kappa shape index (κ2) is 8.24. The van der Waals surface area contributed by atoms with Gasteiger partial charge in [-0.15, -0.1) is 13.2 Å². The van der Waals surface area contributed by atoms with Crippen LogP contribution in [0, 0.1) is 6.92 Å². The van der Waals surface area contributed by atoms with Crippen molar-refractivity contribution in [2.24, 2.45) is 0 Å². The van der Waals surface area contributed by atoms with Crippen molar-refractivity contribution in [1.82, 2.24) is 9.88 Å². The monoisotopic (exact) mass is 388 g/mol. The van der Waals surface area contributed by atoms with Gasteiger partial charge >= 0.3 is 6.36 Å². The van der Waals surface area contributed by atoms with Crippen molar-refractivity contribution >= 4 is 11.3 Å². The number of aromatic nitrogens is 1. The van der Waals surface area contributed by atoms with Gasteiger partial charge in [-0.1, -0.05) is 11.3 Å². The molecular weight excluding hydrogens is 369 g/mol. The molecule has 0 aliphatic carbocycles. The molecule has 0 bridgehead atoms. The van der Waals surface area contributed by atoms with Crippen LogP contribution in [-0.4, -0.2) is 55.7 Å². The van der Waals surface area contributed by atoms with Gasteiger partial charge in [0.1, 0.15) is 12.4 Å². The van der Waals surface area contributed by atoms with Crippen molar-refractivity contribution in [3.63, 3.8) is 0 Å². The summed E-state index contributed by atoms with van der Waals surface area (Å²) in [6, 6.07) is 5.67. The smallest absolute Gasteiger partial charge is 0.469 e. The van der Waals surface area contributed by atoms with Crippen LogP contribution in [-0.2, 0) is 4.74 Å². The van der Waals surface area contributed by atoms with E-state index in [0.717, 1.165) is 43.3 Å². The van der Waals surface area contributed by atoms with Gasteiger partial charge in [-0.3, -0.25) is 4.90 Å². The van der Waals surface area contributed by atoms with Crippen LogP contribution < -0.4 is 9.47 Å². The zero-order chi connectivity index (χ0) is 18.6. The number of hydrogen-bond acceptors (Lipinski definition) is 6. The molecule has 9 heteroatoms. The van der Waals surface area contributed by atoms with Gasteiger partial charge in [-0.2, -0.15) is 0 Å². The lowest BCUT2D eigenvalue weighted by Crippen LogP contribution is -2.38. The van der Waals surface area contributed by atoms with E-state index in [1.54, 1.807) is 12.1 Å². The Morgan fingerprint density at radius 3 is 2.54 bits per heavy atom. The summed E-state index contributed by atoms with van der Waals surface area (Å²) in [7, 11) is 0. The molecule has 1 aliphatic rings. The summed E-state index contributed by atoms with van der Waals surface area (Å²) in [6.07, 6.45) is -4.69. The van der Waals surface area contributed by atoms with Crippen LogP contribution in [0.5, 0.6) is 10.9 Å². The largest absolute Gasteiger partial charge is 0.573 e. The van der Waals surface area contributed by atoms with Crippen LogP contribution in [0.25, 0.3) is 11.3 Å². The highest BCUT2D eigenvalue weighted by Crippen LogP contribution is 2.33. The molecule has 2 aromatic rings. The first kappa shape index (κ1) is 18.9. The van der Waals surface area contributed by atoms with Gasteiger partial charge in [0.2, 0.25) is 0 Å². The number of aryl methyl sites for hydroxylation is 1. The fraction of sp³-hybridized carbons (Fsp3) is 0.471. The molecule has 26 heavy (non-hydrogen) atoms. The molecule has 5 nitrogen and oxygen atoms in total. The van der Waals surface area contributed by atoms with E-state index in [1.165, 1.54) is 23.5 Å². The maximum atomic E-state index is 12.2.